The monoisotopic (exact) mass is 2010 g/mol. The third kappa shape index (κ3) is 28.6. The van der Waals surface area contributed by atoms with Crippen molar-refractivity contribution in [3.05, 3.63) is 93.5 Å². The van der Waals surface area contributed by atoms with Gasteiger partial charge in [0.05, 0.1) is 52.3 Å². The summed E-state index contributed by atoms with van der Waals surface area (Å²) in [6.07, 6.45) is 10.4. The number of para-hydroxylation sites is 3. The van der Waals surface area contributed by atoms with Gasteiger partial charge in [0.15, 0.2) is 8.68 Å². The maximum atomic E-state index is 12.6. The van der Waals surface area contributed by atoms with Crippen molar-refractivity contribution in [2.75, 3.05) is 70.5 Å². The van der Waals surface area contributed by atoms with E-state index in [4.69, 9.17) is 60.5 Å². The van der Waals surface area contributed by atoms with Crippen molar-refractivity contribution in [3.8, 4) is 17.2 Å². The highest BCUT2D eigenvalue weighted by molar-refractivity contribution is 8.03. The average Bonchev–Trinajstić information content (AvgIpc) is 1.53. The van der Waals surface area contributed by atoms with E-state index in [-0.39, 0.29) is 120 Å². The van der Waals surface area contributed by atoms with Crippen LogP contribution in [0.4, 0.5) is 19.5 Å². The molecule has 12 heterocycles. The number of urea groups is 3. The fourth-order valence-electron chi connectivity index (χ4n) is 16.8. The number of hydrogen-bond acceptors (Lipinski definition) is 40. The fourth-order valence-corrected chi connectivity index (χ4v) is 21.3. The molecule has 11 aliphatic rings. The van der Waals surface area contributed by atoms with Gasteiger partial charge in [0.2, 0.25) is 16.9 Å². The van der Waals surface area contributed by atoms with E-state index in [1.807, 2.05) is 0 Å². The van der Waals surface area contributed by atoms with Crippen LogP contribution >= 0.6 is 46.2 Å². The number of nitrogens with one attached hydrogen (secondary N) is 4. The van der Waals surface area contributed by atoms with Crippen molar-refractivity contribution in [2.45, 2.75) is 189 Å². The van der Waals surface area contributed by atoms with Crippen LogP contribution in [0.15, 0.2) is 68.8 Å². The molecule has 2 aromatic heterocycles. The zero-order valence-electron chi connectivity index (χ0n) is 71.2. The summed E-state index contributed by atoms with van der Waals surface area (Å²) in [4.78, 5) is 138. The Bertz CT molecular complexity index is 5410. The van der Waals surface area contributed by atoms with Crippen molar-refractivity contribution >= 4 is 169 Å². The first-order valence-electron chi connectivity index (χ1n) is 42.0. The molecule has 61 heteroatoms. The molecule has 0 spiro atoms. The van der Waals surface area contributed by atoms with Crippen LogP contribution < -0.4 is 58.3 Å². The summed E-state index contributed by atoms with van der Waals surface area (Å²) < 4.78 is 121. The van der Waals surface area contributed by atoms with Gasteiger partial charge in [-0.1, -0.05) is 82.6 Å². The maximum Gasteiger partial charge on any atom is 0.537 e. The van der Waals surface area contributed by atoms with Crippen LogP contribution in [0.5, 0.6) is 17.2 Å². The molecule has 7 saturated heterocycles. The molecule has 10 aliphatic heterocycles. The molecule has 0 radical (unpaired) electrons. The number of carboxylic acid groups (broad SMARTS) is 3. The molecular formula is C73H99B3N18O33S7. The zero-order chi connectivity index (χ0) is 97.2. The summed E-state index contributed by atoms with van der Waals surface area (Å²) >= 11 is 5.22. The van der Waals surface area contributed by atoms with Gasteiger partial charge in [-0.3, -0.25) is 42.5 Å². The van der Waals surface area contributed by atoms with Gasteiger partial charge in [-0.25, -0.2) is 34.2 Å². The third-order valence-electron chi connectivity index (χ3n) is 23.0. The normalized spacial score (nSPS) is 23.3. The Hall–Kier alpha value is -9.87. The van der Waals surface area contributed by atoms with Crippen molar-refractivity contribution in [1.29, 1.82) is 0 Å². The number of anilines is 1. The lowest BCUT2D eigenvalue weighted by atomic mass is 9.64. The largest absolute Gasteiger partial charge is 0.537 e. The van der Waals surface area contributed by atoms with Crippen molar-refractivity contribution < 1.29 is 154 Å². The Labute approximate surface area is 783 Å². The molecular weight excluding hydrogens is 1910 g/mol. The number of nitrogens with two attached hydrogens (primary N) is 4. The predicted molar refractivity (Wildman–Crippen MR) is 472 cm³/mol. The molecule has 9 atom stereocenters. The molecule has 8 fully saturated rings. The first-order valence-corrected chi connectivity index (χ1v) is 49.6. The van der Waals surface area contributed by atoms with E-state index in [1.54, 1.807) is 41.9 Å². The number of aromatic nitrogens is 4. The van der Waals surface area contributed by atoms with E-state index in [0.29, 0.717) is 113 Å². The van der Waals surface area contributed by atoms with E-state index < -0.39 is 142 Å². The molecule has 134 heavy (non-hydrogen) atoms. The van der Waals surface area contributed by atoms with Crippen molar-refractivity contribution in [2.24, 2.45) is 23.1 Å². The molecule has 730 valence electrons. The lowest BCUT2D eigenvalue weighted by Crippen LogP contribution is -2.53. The number of fused-ring (bicyclic) bond motifs is 9. The number of nitrogens with zero attached hydrogens (tertiary/aromatic N) is 10. The summed E-state index contributed by atoms with van der Waals surface area (Å²) in [6, 6.07) is 9.25. The number of rotatable bonds is 30. The number of ketones is 2. The fraction of sp³-hybridized carbons (Fsp3) is 0.548. The topological polar surface area (TPSA) is 760 Å². The number of carbonyl (C=O) groups is 11. The number of hydrogen-bond donors (Lipinski definition) is 17. The summed E-state index contributed by atoms with van der Waals surface area (Å²) in [7, 11) is -17.8. The average molecular weight is 2010 g/mol. The number of nitrogen functional groups attached to an aromatic ring is 1. The van der Waals surface area contributed by atoms with Crippen LogP contribution in [0, 0.1) is 5.92 Å². The van der Waals surface area contributed by atoms with E-state index in [9.17, 15) is 103 Å². The molecule has 0 unspecified atom stereocenters. The standard InChI is InChI=1S/C20H29BN2O5.C14H14BN3O5S2.C12H20N4O6S.C11H9BN2O4S2.C9H16N4O7S.C7H11N3O6S/c22-8-9-23-16-6-4-13(5-7-16)10-17(24)12-15-11-14-2-1-3-18(20(25)26)19(14)28-21(15)27;16-13-17-18-14(25-13)24-6-9(19)5-8-4-7-2-1-3-10(12(20)21)11(7)23-15(8)22;17-11(14-8-3-5-13-6-4-8)10-2-1-9-7-15(10)12(18)16(9)22-23(19,20)21;15-10(16)7-3-1-2-6-4-8(12(17)18-9(6)7)20-11-14-13-5-19-11;10-3-4-19-11-8(14)7-2-1-6-5-12(7)9(15)13(6)20-21(16,17)18;8-6(11)5-2-1-4-3-9(5)7(12)10(4)16-17(13,14)15/h1-3,13,15-16,23,27H,4-12,22H2,(H,25,26);1-3,8,22H,4-6H2,(H2,16,17)(H,20,21);8-10,13H,1-7H2,(H,14,17)(H,19,20,21);1-3,5,8,17H,4H2,(H,15,16);6-7H,1-5,10H2,(H,11,14)(H,16,17,18);4-5H,1-3H2,(H2,8,11)(H,13,14,15)/t13?,15-,16?;8-;9-,10+;8-;6-,7+;4-,5+/m111011/s1. The number of aromatic carboxylic acids is 3. The predicted octanol–water partition coefficient (Wildman–Crippen LogP) is -0.338. The van der Waals surface area contributed by atoms with Crippen LogP contribution in [0.1, 0.15) is 144 Å². The zero-order valence-corrected chi connectivity index (χ0v) is 76.9. The molecule has 51 nitrogen and oxygen atoms in total. The van der Waals surface area contributed by atoms with Gasteiger partial charge in [-0.05, 0) is 150 Å². The highest BCUT2D eigenvalue weighted by Crippen LogP contribution is 2.42. The summed E-state index contributed by atoms with van der Waals surface area (Å²) in [5, 5.41) is 84.7. The highest BCUT2D eigenvalue weighted by Gasteiger charge is 2.53. The number of hydroxylamine groups is 7. The highest BCUT2D eigenvalue weighted by atomic mass is 32.3. The summed E-state index contributed by atoms with van der Waals surface area (Å²) in [5.74, 6) is -4.13. The number of benzene rings is 3. The smallest absolute Gasteiger partial charge is 0.535 e. The van der Waals surface area contributed by atoms with Gasteiger partial charge in [0.25, 0.3) is 5.91 Å². The summed E-state index contributed by atoms with van der Waals surface area (Å²) in [5.41, 5.74) is 27.4. The van der Waals surface area contributed by atoms with Crippen molar-refractivity contribution in [3.63, 3.8) is 0 Å². The number of thioether (sulfide) groups is 2. The minimum absolute atomic E-state index is 0.00532. The lowest BCUT2D eigenvalue weighted by molar-refractivity contribution is -0.138. The van der Waals surface area contributed by atoms with Crippen LogP contribution in [0.2, 0.25) is 11.6 Å². The lowest BCUT2D eigenvalue weighted by Gasteiger charge is -2.32. The Morgan fingerprint density at radius 1 is 0.545 bits per heavy atom. The summed E-state index contributed by atoms with van der Waals surface area (Å²) in [6.45, 7) is 4.01. The molecule has 6 bridgehead atoms. The van der Waals surface area contributed by atoms with Gasteiger partial charge >= 0.3 is 88.6 Å². The Kier molecular flexibility index (Phi) is 36.9. The first kappa shape index (κ1) is 105. The Balaban J connectivity index is 0.000000156. The van der Waals surface area contributed by atoms with E-state index in [0.717, 1.165) is 78.5 Å². The second-order valence-corrected chi connectivity index (χ2v) is 39.8. The number of carbonyl (C=O) groups excluding carboxylic acids is 8. The molecule has 1 saturated carbocycles. The molecule has 3 aromatic carbocycles. The maximum absolute atomic E-state index is 12.6. The van der Waals surface area contributed by atoms with Crippen LogP contribution in [-0.2, 0) is 92.1 Å². The van der Waals surface area contributed by atoms with E-state index in [2.05, 4.69) is 54.7 Å². The second-order valence-electron chi connectivity index (χ2n) is 32.2. The van der Waals surface area contributed by atoms with Gasteiger partial charge in [0.1, 0.15) is 52.5 Å². The van der Waals surface area contributed by atoms with Crippen LogP contribution in [0.25, 0.3) is 0 Å². The second kappa shape index (κ2) is 47.3. The van der Waals surface area contributed by atoms with Gasteiger partial charge in [-0.15, -0.1) is 33.2 Å². The molecule has 1 aliphatic carbocycles. The number of Topliss-reactive ketones (excluding diaryl/α,β-unsaturated/α-hetero) is 2. The van der Waals surface area contributed by atoms with Crippen LogP contribution in [-0.4, -0.2) is 324 Å². The third-order valence-corrected chi connectivity index (χ3v) is 28.0. The molecule has 5 aromatic rings. The van der Waals surface area contributed by atoms with Crippen molar-refractivity contribution in [1.82, 2.24) is 71.7 Å². The van der Waals surface area contributed by atoms with E-state index >= 15 is 0 Å². The number of carboxylic acids is 3. The van der Waals surface area contributed by atoms with Crippen LogP contribution in [0.3, 0.4) is 0 Å². The Morgan fingerprint density at radius 2 is 1.00 bits per heavy atom. The quantitative estimate of drug-likeness (QED) is 0.00919. The molecule has 21 N–H and O–H groups in total. The molecule has 9 amide bonds. The molecule has 16 rings (SSSR count). The van der Waals surface area contributed by atoms with Gasteiger partial charge in [-0.2, -0.15) is 40.4 Å². The van der Waals surface area contributed by atoms with E-state index in [1.165, 1.54) is 74.2 Å². The number of amides is 9. The minimum atomic E-state index is -4.80. The van der Waals surface area contributed by atoms with Gasteiger partial charge in [0, 0.05) is 82.2 Å². The first-order chi connectivity index (χ1) is 63.5. The minimum Gasteiger partial charge on any atom is -0.535 e. The number of piperidine rings is 4. The Morgan fingerprint density at radius 3 is 1.43 bits per heavy atom. The SMILES string of the molecule is NC(=O)[C@@H]1CC[C@@H]2CN1C(=O)N2OS(=O)(=O)O.NCCNC1CCC(CC(=O)C[C@H]2Cc3cccc(C(=O)O)c3OB2O)CC1.NCCONC(=O)[C@@H]1CC[C@@H]2CN1C(=O)N2OS(=O)(=O)O.Nc1nnc(SCC(=O)C[C@H]2Cc3cccc(C(=O)O)c3OB2O)s1.O=C(NC1CCNCC1)[C@@H]1CC[C@@H]2CN1C(=O)N2OS(=O)(=O)O.O=C(O)c1cccc2c1OB(O)[C@@H](Sc1nncs1)C2. The number of primary amides is 1. The van der Waals surface area contributed by atoms with Gasteiger partial charge < -0.3 is 97.9 Å².